The molecule has 2 aliphatic carbocycles. The molecule has 3 rings (SSSR count). The number of benzene rings is 1. The van der Waals surface area contributed by atoms with Crippen LogP contribution >= 0.6 is 0 Å². The third-order valence-electron chi connectivity index (χ3n) is 6.03. The normalized spacial score (nSPS) is 30.4. The van der Waals surface area contributed by atoms with Gasteiger partial charge in [-0.25, -0.2) is 0 Å². The van der Waals surface area contributed by atoms with E-state index in [2.05, 4.69) is 45.0 Å². The Hall–Kier alpha value is -0.820. The van der Waals surface area contributed by atoms with Gasteiger partial charge in [-0.2, -0.15) is 0 Å². The molecule has 0 saturated heterocycles. The molecule has 1 N–H and O–H groups in total. The molecule has 2 atom stereocenters. The fraction of sp³-hybridized carbons (Fsp3) is 0.700. The highest BCUT2D eigenvalue weighted by molar-refractivity contribution is 5.39. The molecular weight excluding hydrogens is 256 g/mol. The largest absolute Gasteiger partial charge is 0.393 e. The Balaban J connectivity index is 1.51. The molecular formula is C20H30O. The Labute approximate surface area is 129 Å². The van der Waals surface area contributed by atoms with Gasteiger partial charge in [0.1, 0.15) is 0 Å². The van der Waals surface area contributed by atoms with Crippen LogP contribution in [0.5, 0.6) is 0 Å². The van der Waals surface area contributed by atoms with Crippen molar-refractivity contribution in [1.82, 2.24) is 0 Å². The fourth-order valence-corrected chi connectivity index (χ4v) is 4.43. The molecule has 0 heterocycles. The van der Waals surface area contributed by atoms with E-state index in [9.17, 15) is 5.11 Å². The van der Waals surface area contributed by atoms with Crippen molar-refractivity contribution in [2.75, 3.05) is 0 Å². The maximum Gasteiger partial charge on any atom is 0.0574 e. The van der Waals surface area contributed by atoms with Crippen LogP contribution in [0.1, 0.15) is 69.9 Å². The van der Waals surface area contributed by atoms with E-state index in [1.807, 2.05) is 0 Å². The number of aliphatic hydroxyl groups excluding tert-OH is 1. The second-order valence-electron chi connectivity index (χ2n) is 8.38. The van der Waals surface area contributed by atoms with E-state index >= 15 is 0 Å². The third kappa shape index (κ3) is 3.18. The first-order chi connectivity index (χ1) is 9.95. The molecule has 0 spiro atoms. The zero-order valence-electron chi connectivity index (χ0n) is 13.8. The van der Waals surface area contributed by atoms with Crippen LogP contribution < -0.4 is 0 Å². The molecule has 116 valence electrons. The van der Waals surface area contributed by atoms with Gasteiger partial charge in [0.2, 0.25) is 0 Å². The number of hydrogen-bond acceptors (Lipinski definition) is 1. The quantitative estimate of drug-likeness (QED) is 0.835. The lowest BCUT2D eigenvalue weighted by Gasteiger charge is -2.40. The van der Waals surface area contributed by atoms with Crippen LogP contribution in [0.4, 0.5) is 0 Å². The van der Waals surface area contributed by atoms with Crippen molar-refractivity contribution in [3.8, 4) is 0 Å². The van der Waals surface area contributed by atoms with Gasteiger partial charge in [0, 0.05) is 0 Å². The van der Waals surface area contributed by atoms with Crippen molar-refractivity contribution in [2.24, 2.45) is 17.3 Å². The van der Waals surface area contributed by atoms with E-state index in [1.165, 1.54) is 43.2 Å². The van der Waals surface area contributed by atoms with Gasteiger partial charge in [-0.1, -0.05) is 45.0 Å². The summed E-state index contributed by atoms with van der Waals surface area (Å²) in [7, 11) is 0. The maximum absolute atomic E-state index is 10.6. The van der Waals surface area contributed by atoms with Crippen molar-refractivity contribution in [3.63, 3.8) is 0 Å². The van der Waals surface area contributed by atoms with Gasteiger partial charge in [-0.3, -0.25) is 0 Å². The van der Waals surface area contributed by atoms with Gasteiger partial charge in [0.15, 0.2) is 0 Å². The number of rotatable bonds is 3. The van der Waals surface area contributed by atoms with Crippen LogP contribution in [0, 0.1) is 17.3 Å². The zero-order chi connectivity index (χ0) is 15.0. The summed E-state index contributed by atoms with van der Waals surface area (Å²) in [4.78, 5) is 0. The standard InChI is InChI=1S/C20H30O/c1-20(2,3)17-10-8-14(9-11-17)19(21)13-16-12-15-6-4-5-7-18(15)16/h4-7,14,16-17,19,21H,8-13H2,1-3H3. The van der Waals surface area contributed by atoms with Gasteiger partial charge in [-0.15, -0.1) is 0 Å². The minimum absolute atomic E-state index is 0.0933. The smallest absolute Gasteiger partial charge is 0.0574 e. The lowest BCUT2D eigenvalue weighted by molar-refractivity contribution is 0.0422. The third-order valence-corrected chi connectivity index (χ3v) is 6.03. The van der Waals surface area contributed by atoms with E-state index in [4.69, 9.17) is 0 Å². The van der Waals surface area contributed by atoms with Gasteiger partial charge >= 0.3 is 0 Å². The highest BCUT2D eigenvalue weighted by Gasteiger charge is 2.35. The highest BCUT2D eigenvalue weighted by atomic mass is 16.3. The Bertz CT molecular complexity index is 477. The van der Waals surface area contributed by atoms with Gasteiger partial charge < -0.3 is 5.11 Å². The Kier molecular flexibility index (Phi) is 4.14. The summed E-state index contributed by atoms with van der Waals surface area (Å²) in [5.74, 6) is 1.98. The summed E-state index contributed by atoms with van der Waals surface area (Å²) >= 11 is 0. The van der Waals surface area contributed by atoms with Crippen LogP contribution in [0.3, 0.4) is 0 Å². The number of fused-ring (bicyclic) bond motifs is 1. The lowest BCUT2D eigenvalue weighted by atomic mass is 9.67. The van der Waals surface area contributed by atoms with Gasteiger partial charge in [0.05, 0.1) is 6.10 Å². The van der Waals surface area contributed by atoms with Gasteiger partial charge in [-0.05, 0) is 72.8 Å². The van der Waals surface area contributed by atoms with Crippen molar-refractivity contribution >= 4 is 0 Å². The molecule has 1 fully saturated rings. The maximum atomic E-state index is 10.6. The fourth-order valence-electron chi connectivity index (χ4n) is 4.43. The molecule has 1 aromatic rings. The summed E-state index contributed by atoms with van der Waals surface area (Å²) in [6.45, 7) is 7.08. The van der Waals surface area contributed by atoms with E-state index < -0.39 is 0 Å². The summed E-state index contributed by atoms with van der Waals surface area (Å²) in [6, 6.07) is 8.73. The second kappa shape index (κ2) is 5.76. The van der Waals surface area contributed by atoms with Crippen LogP contribution in [0.25, 0.3) is 0 Å². The first-order valence-corrected chi connectivity index (χ1v) is 8.71. The average molecular weight is 286 g/mol. The highest BCUT2D eigenvalue weighted by Crippen LogP contribution is 2.44. The minimum Gasteiger partial charge on any atom is -0.393 e. The Morgan fingerprint density at radius 3 is 2.38 bits per heavy atom. The van der Waals surface area contributed by atoms with Crippen LogP contribution in [-0.4, -0.2) is 11.2 Å². The first kappa shape index (κ1) is 15.1. The molecule has 2 aliphatic rings. The van der Waals surface area contributed by atoms with Crippen molar-refractivity contribution in [3.05, 3.63) is 35.4 Å². The molecule has 1 heteroatoms. The summed E-state index contributed by atoms with van der Waals surface area (Å²) < 4.78 is 0. The molecule has 2 unspecified atom stereocenters. The Morgan fingerprint density at radius 1 is 1.10 bits per heavy atom. The summed E-state index contributed by atoms with van der Waals surface area (Å²) in [6.07, 6.45) is 7.09. The predicted octanol–water partition coefficient (Wildman–Crippen LogP) is 4.93. The minimum atomic E-state index is -0.0933. The van der Waals surface area contributed by atoms with Crippen molar-refractivity contribution in [2.45, 2.75) is 71.3 Å². The average Bonchev–Trinajstić information content (AvgIpc) is 2.44. The van der Waals surface area contributed by atoms with Crippen LogP contribution in [0.2, 0.25) is 0 Å². The van der Waals surface area contributed by atoms with Gasteiger partial charge in [0.25, 0.3) is 0 Å². The molecule has 0 amide bonds. The van der Waals surface area contributed by atoms with Crippen molar-refractivity contribution < 1.29 is 5.11 Å². The van der Waals surface area contributed by atoms with E-state index in [-0.39, 0.29) is 6.10 Å². The van der Waals surface area contributed by atoms with E-state index in [1.54, 1.807) is 0 Å². The number of aliphatic hydroxyl groups is 1. The molecule has 1 aromatic carbocycles. The molecule has 0 bridgehead atoms. The monoisotopic (exact) mass is 286 g/mol. The lowest BCUT2D eigenvalue weighted by Crippen LogP contribution is -2.33. The van der Waals surface area contributed by atoms with Crippen LogP contribution in [-0.2, 0) is 6.42 Å². The van der Waals surface area contributed by atoms with Crippen LogP contribution in [0.15, 0.2) is 24.3 Å². The molecule has 0 radical (unpaired) electrons. The Morgan fingerprint density at radius 2 is 1.76 bits per heavy atom. The molecule has 1 nitrogen and oxygen atoms in total. The molecule has 1 saturated carbocycles. The second-order valence-corrected chi connectivity index (χ2v) is 8.38. The van der Waals surface area contributed by atoms with Crippen molar-refractivity contribution in [1.29, 1.82) is 0 Å². The van der Waals surface area contributed by atoms with E-state index in [0.29, 0.717) is 17.3 Å². The number of hydrogen-bond donors (Lipinski definition) is 1. The first-order valence-electron chi connectivity index (χ1n) is 8.71. The SMILES string of the molecule is CC(C)(C)C1CCC(C(O)CC2Cc3ccccc32)CC1. The van der Waals surface area contributed by atoms with E-state index in [0.717, 1.165) is 12.3 Å². The zero-order valence-corrected chi connectivity index (χ0v) is 13.8. The summed E-state index contributed by atoms with van der Waals surface area (Å²) in [5, 5.41) is 10.6. The predicted molar refractivity (Wildman–Crippen MR) is 88.4 cm³/mol. The summed E-state index contributed by atoms with van der Waals surface area (Å²) in [5.41, 5.74) is 3.41. The topological polar surface area (TPSA) is 20.2 Å². The molecule has 0 aliphatic heterocycles. The molecule has 21 heavy (non-hydrogen) atoms. The molecule has 0 aromatic heterocycles.